The maximum Gasteiger partial charge on any atom is 0.328 e. The molecule has 0 aromatic heterocycles. The Balaban J connectivity index is 1.59. The van der Waals surface area contributed by atoms with Gasteiger partial charge >= 0.3 is 12.0 Å². The number of fused-ring (bicyclic) bond motifs is 1. The topological polar surface area (TPSA) is 108 Å². The van der Waals surface area contributed by atoms with E-state index in [4.69, 9.17) is 34.8 Å². The number of carboxylic acids is 1. The first-order chi connectivity index (χ1) is 14.3. The van der Waals surface area contributed by atoms with Crippen molar-refractivity contribution in [3.63, 3.8) is 0 Å². The zero-order chi connectivity index (χ0) is 21.8. The van der Waals surface area contributed by atoms with Crippen molar-refractivity contribution in [1.29, 1.82) is 0 Å². The molecule has 0 heterocycles. The molecule has 7 nitrogen and oxygen atoms in total. The third kappa shape index (κ3) is 5.16. The van der Waals surface area contributed by atoms with E-state index in [2.05, 4.69) is 16.0 Å². The Labute approximate surface area is 187 Å². The molecule has 0 saturated carbocycles. The summed E-state index contributed by atoms with van der Waals surface area (Å²) in [5, 5.41) is 17.2. The Bertz CT molecular complexity index is 976. The highest BCUT2D eigenvalue weighted by atomic mass is 35.5. The van der Waals surface area contributed by atoms with E-state index >= 15 is 0 Å². The number of aliphatic carboxylic acids is 1. The summed E-state index contributed by atoms with van der Waals surface area (Å²) in [6, 6.07) is 8.40. The van der Waals surface area contributed by atoms with Crippen molar-refractivity contribution in [3.05, 3.63) is 68.2 Å². The molecule has 0 spiro atoms. The van der Waals surface area contributed by atoms with Crippen molar-refractivity contribution in [1.82, 2.24) is 16.0 Å². The first-order valence-corrected chi connectivity index (χ1v) is 10.2. The SMILES string of the molecule is O=C(NC[C@H](NC(=O)c1c(Cl)cc(Cl)cc1Cl)C(=O)O)N[C@H]1CCc2ccccc21. The molecule has 2 aromatic carbocycles. The van der Waals surface area contributed by atoms with E-state index in [0.717, 1.165) is 18.4 Å². The van der Waals surface area contributed by atoms with Crippen LogP contribution in [-0.2, 0) is 11.2 Å². The molecule has 2 atom stereocenters. The molecule has 0 fully saturated rings. The molecule has 0 aliphatic heterocycles. The maximum atomic E-state index is 12.5. The molecule has 0 radical (unpaired) electrons. The molecule has 10 heteroatoms. The van der Waals surface area contributed by atoms with Gasteiger partial charge in [-0.15, -0.1) is 0 Å². The van der Waals surface area contributed by atoms with Crippen LogP contribution >= 0.6 is 34.8 Å². The second-order valence-corrected chi connectivity index (χ2v) is 8.00. The van der Waals surface area contributed by atoms with Gasteiger partial charge in [0.2, 0.25) is 0 Å². The zero-order valence-electron chi connectivity index (χ0n) is 15.5. The van der Waals surface area contributed by atoms with Gasteiger partial charge in [-0.1, -0.05) is 59.1 Å². The van der Waals surface area contributed by atoms with E-state index in [1.54, 1.807) is 0 Å². The van der Waals surface area contributed by atoms with Crippen LogP contribution in [0.25, 0.3) is 0 Å². The fourth-order valence-electron chi connectivity index (χ4n) is 3.30. The largest absolute Gasteiger partial charge is 0.480 e. The molecule has 30 heavy (non-hydrogen) atoms. The van der Waals surface area contributed by atoms with Gasteiger partial charge in [-0.05, 0) is 36.1 Å². The standard InChI is InChI=1S/C20H18Cl3N3O4/c21-11-7-13(22)17(14(23)8-11)18(27)25-16(19(28)29)9-24-20(30)26-15-6-5-10-3-1-2-4-12(10)15/h1-4,7-8,15-16H,5-6,9H2,(H,25,27)(H,28,29)(H2,24,26,30)/t15-,16-/m0/s1. The third-order valence-corrected chi connectivity index (χ3v) is 5.56. The summed E-state index contributed by atoms with van der Waals surface area (Å²) in [4.78, 5) is 36.2. The molecular formula is C20H18Cl3N3O4. The summed E-state index contributed by atoms with van der Waals surface area (Å²) in [7, 11) is 0. The van der Waals surface area contributed by atoms with Gasteiger partial charge in [-0.2, -0.15) is 0 Å². The number of aryl methyl sites for hydroxylation is 1. The molecular weight excluding hydrogens is 453 g/mol. The summed E-state index contributed by atoms with van der Waals surface area (Å²) in [6.45, 7) is -0.329. The first kappa shape index (κ1) is 22.2. The molecule has 0 saturated heterocycles. The van der Waals surface area contributed by atoms with Gasteiger partial charge in [0.1, 0.15) is 6.04 Å². The smallest absolute Gasteiger partial charge is 0.328 e. The number of rotatable bonds is 6. The van der Waals surface area contributed by atoms with E-state index in [-0.39, 0.29) is 33.2 Å². The number of amides is 3. The number of hydrogen-bond donors (Lipinski definition) is 4. The monoisotopic (exact) mass is 469 g/mol. The lowest BCUT2D eigenvalue weighted by atomic mass is 10.1. The van der Waals surface area contributed by atoms with Crippen LogP contribution in [0.1, 0.15) is 33.9 Å². The van der Waals surface area contributed by atoms with Crippen molar-refractivity contribution in [2.24, 2.45) is 0 Å². The molecule has 1 aliphatic carbocycles. The number of hydrogen-bond acceptors (Lipinski definition) is 3. The lowest BCUT2D eigenvalue weighted by Crippen LogP contribution is -2.50. The maximum absolute atomic E-state index is 12.5. The second-order valence-electron chi connectivity index (χ2n) is 6.75. The van der Waals surface area contributed by atoms with Crippen molar-refractivity contribution < 1.29 is 19.5 Å². The highest BCUT2D eigenvalue weighted by molar-refractivity contribution is 6.42. The van der Waals surface area contributed by atoms with Gasteiger partial charge in [0.05, 0.1) is 28.2 Å². The fraction of sp³-hybridized carbons (Fsp3) is 0.250. The van der Waals surface area contributed by atoms with Crippen LogP contribution in [-0.4, -0.2) is 35.6 Å². The summed E-state index contributed by atoms with van der Waals surface area (Å²) in [6.07, 6.45) is 1.62. The number of halogens is 3. The normalized spacial score (nSPS) is 15.8. The molecule has 0 bridgehead atoms. The second kappa shape index (κ2) is 9.55. The van der Waals surface area contributed by atoms with Gasteiger partial charge in [-0.25, -0.2) is 9.59 Å². The van der Waals surface area contributed by atoms with Crippen molar-refractivity contribution in [2.45, 2.75) is 24.9 Å². The average Bonchev–Trinajstić information content (AvgIpc) is 3.07. The Hall–Kier alpha value is -2.48. The van der Waals surface area contributed by atoms with Crippen LogP contribution in [0.3, 0.4) is 0 Å². The third-order valence-electron chi connectivity index (χ3n) is 4.74. The number of urea groups is 1. The van der Waals surface area contributed by atoms with E-state index in [1.807, 2.05) is 24.3 Å². The number of carbonyl (C=O) groups excluding carboxylic acids is 2. The van der Waals surface area contributed by atoms with E-state index in [9.17, 15) is 19.5 Å². The lowest BCUT2D eigenvalue weighted by molar-refractivity contribution is -0.139. The highest BCUT2D eigenvalue weighted by Crippen LogP contribution is 2.30. The van der Waals surface area contributed by atoms with E-state index in [0.29, 0.717) is 0 Å². The minimum Gasteiger partial charge on any atom is -0.480 e. The summed E-state index contributed by atoms with van der Waals surface area (Å²) < 4.78 is 0. The van der Waals surface area contributed by atoms with Crippen molar-refractivity contribution in [2.75, 3.05) is 6.54 Å². The Morgan fingerprint density at radius 1 is 1.10 bits per heavy atom. The van der Waals surface area contributed by atoms with Crippen LogP contribution < -0.4 is 16.0 Å². The Morgan fingerprint density at radius 3 is 2.43 bits per heavy atom. The van der Waals surface area contributed by atoms with Gasteiger partial charge in [-0.3, -0.25) is 4.79 Å². The summed E-state index contributed by atoms with van der Waals surface area (Å²) >= 11 is 17.8. The predicted octanol–water partition coefficient (Wildman–Crippen LogP) is 3.82. The minimum atomic E-state index is -1.39. The van der Waals surface area contributed by atoms with Crippen molar-refractivity contribution in [3.8, 4) is 0 Å². The van der Waals surface area contributed by atoms with E-state index in [1.165, 1.54) is 17.7 Å². The van der Waals surface area contributed by atoms with Gasteiger partial charge < -0.3 is 21.1 Å². The Morgan fingerprint density at radius 2 is 1.77 bits per heavy atom. The quantitative estimate of drug-likeness (QED) is 0.515. The van der Waals surface area contributed by atoms with Crippen LogP contribution in [0, 0.1) is 0 Å². The van der Waals surface area contributed by atoms with Crippen LogP contribution in [0.2, 0.25) is 15.1 Å². The molecule has 0 unspecified atom stereocenters. The number of benzene rings is 2. The summed E-state index contributed by atoms with van der Waals surface area (Å²) in [5.74, 6) is -2.11. The molecule has 3 amide bonds. The minimum absolute atomic E-state index is 0.0141. The predicted molar refractivity (Wildman–Crippen MR) is 114 cm³/mol. The van der Waals surface area contributed by atoms with Crippen LogP contribution in [0.5, 0.6) is 0 Å². The number of carbonyl (C=O) groups is 3. The molecule has 4 N–H and O–H groups in total. The Kier molecular flexibility index (Phi) is 7.07. The van der Waals surface area contributed by atoms with Crippen molar-refractivity contribution >= 4 is 52.7 Å². The number of carboxylic acid groups (broad SMARTS) is 1. The zero-order valence-corrected chi connectivity index (χ0v) is 17.8. The van der Waals surface area contributed by atoms with Crippen LogP contribution in [0.15, 0.2) is 36.4 Å². The first-order valence-electron chi connectivity index (χ1n) is 9.06. The molecule has 158 valence electrons. The van der Waals surface area contributed by atoms with Gasteiger partial charge in [0, 0.05) is 5.02 Å². The molecule has 3 rings (SSSR count). The molecule has 1 aliphatic rings. The van der Waals surface area contributed by atoms with Gasteiger partial charge in [0.15, 0.2) is 0 Å². The van der Waals surface area contributed by atoms with E-state index < -0.39 is 23.9 Å². The summed E-state index contributed by atoms with van der Waals surface area (Å²) in [5.41, 5.74) is 2.12. The molecule has 2 aromatic rings. The number of nitrogens with one attached hydrogen (secondary N) is 3. The van der Waals surface area contributed by atoms with Gasteiger partial charge in [0.25, 0.3) is 5.91 Å². The highest BCUT2D eigenvalue weighted by Gasteiger charge is 2.26. The fourth-order valence-corrected chi connectivity index (χ4v) is 4.29. The lowest BCUT2D eigenvalue weighted by Gasteiger charge is -2.18. The average molecular weight is 471 g/mol. The van der Waals surface area contributed by atoms with Crippen LogP contribution in [0.4, 0.5) is 4.79 Å².